The molecule has 0 aromatic carbocycles. The van der Waals surface area contributed by atoms with E-state index >= 15 is 0 Å². The van der Waals surface area contributed by atoms with Crippen LogP contribution >= 0.6 is 22.9 Å². The Bertz CT molecular complexity index is 477. The topological polar surface area (TPSA) is 50.7 Å². The summed E-state index contributed by atoms with van der Waals surface area (Å²) in [5.74, 6) is 0.739. The number of aromatic nitrogens is 3. The summed E-state index contributed by atoms with van der Waals surface area (Å²) in [7, 11) is 0. The molecule has 0 aliphatic carbocycles. The van der Waals surface area contributed by atoms with Crippen LogP contribution in [0.4, 0.5) is 5.82 Å². The Morgan fingerprint density at radius 3 is 2.81 bits per heavy atom. The minimum absolute atomic E-state index is 0.267. The minimum atomic E-state index is 0.267. The van der Waals surface area contributed by atoms with Gasteiger partial charge in [-0.15, -0.1) is 11.3 Å². The molecule has 1 N–H and O–H groups in total. The molecular weight excluding hydrogens is 244 g/mol. The predicted octanol–water partition coefficient (Wildman–Crippen LogP) is 2.82. The molecule has 2 aromatic rings. The van der Waals surface area contributed by atoms with E-state index in [9.17, 15) is 0 Å². The number of anilines is 1. The van der Waals surface area contributed by atoms with Gasteiger partial charge in [-0.05, 0) is 25.4 Å². The van der Waals surface area contributed by atoms with Gasteiger partial charge in [-0.25, -0.2) is 15.0 Å². The smallest absolute Gasteiger partial charge is 0.224 e. The number of nitrogens with one attached hydrogen (secondary N) is 1. The Labute approximate surface area is 103 Å². The summed E-state index contributed by atoms with van der Waals surface area (Å²) in [6.45, 7) is 4.58. The molecule has 0 saturated heterocycles. The normalized spacial score (nSPS) is 10.4. The van der Waals surface area contributed by atoms with Crippen molar-refractivity contribution >= 4 is 28.8 Å². The number of hydrogen-bond acceptors (Lipinski definition) is 5. The summed E-state index contributed by atoms with van der Waals surface area (Å²) in [6, 6.07) is 1.86. The van der Waals surface area contributed by atoms with Gasteiger partial charge in [0, 0.05) is 22.8 Å². The Morgan fingerprint density at radius 2 is 2.19 bits per heavy atom. The van der Waals surface area contributed by atoms with Crippen molar-refractivity contribution in [2.75, 3.05) is 5.32 Å². The van der Waals surface area contributed by atoms with Crippen molar-refractivity contribution in [1.29, 1.82) is 0 Å². The van der Waals surface area contributed by atoms with Crippen molar-refractivity contribution in [2.45, 2.75) is 20.4 Å². The van der Waals surface area contributed by atoms with E-state index in [1.807, 2.05) is 26.1 Å². The molecule has 0 fully saturated rings. The first-order valence-electron chi connectivity index (χ1n) is 4.80. The van der Waals surface area contributed by atoms with Crippen molar-refractivity contribution in [3.63, 3.8) is 0 Å². The third-order valence-electron chi connectivity index (χ3n) is 1.94. The van der Waals surface area contributed by atoms with Crippen LogP contribution in [-0.2, 0) is 6.54 Å². The maximum atomic E-state index is 5.76. The molecule has 2 heterocycles. The monoisotopic (exact) mass is 254 g/mol. The number of rotatable bonds is 3. The average Bonchev–Trinajstić information content (AvgIpc) is 2.60. The first-order valence-corrected chi connectivity index (χ1v) is 5.99. The Kier molecular flexibility index (Phi) is 3.36. The zero-order valence-corrected chi connectivity index (χ0v) is 10.6. The van der Waals surface area contributed by atoms with Crippen LogP contribution in [-0.4, -0.2) is 15.0 Å². The molecule has 0 spiro atoms. The quantitative estimate of drug-likeness (QED) is 0.856. The van der Waals surface area contributed by atoms with Crippen molar-refractivity contribution < 1.29 is 0 Å². The van der Waals surface area contributed by atoms with Crippen molar-refractivity contribution in [3.8, 4) is 0 Å². The van der Waals surface area contributed by atoms with Gasteiger partial charge in [0.15, 0.2) is 0 Å². The average molecular weight is 255 g/mol. The highest BCUT2D eigenvalue weighted by atomic mass is 35.5. The van der Waals surface area contributed by atoms with Gasteiger partial charge in [-0.2, -0.15) is 0 Å². The molecule has 4 nitrogen and oxygen atoms in total. The Morgan fingerprint density at radius 1 is 1.38 bits per heavy atom. The van der Waals surface area contributed by atoms with E-state index < -0.39 is 0 Å². The van der Waals surface area contributed by atoms with Gasteiger partial charge in [0.05, 0.1) is 11.6 Å². The zero-order valence-electron chi connectivity index (χ0n) is 8.99. The number of nitrogens with zero attached hydrogens (tertiary/aromatic N) is 3. The summed E-state index contributed by atoms with van der Waals surface area (Å²) in [4.78, 5) is 13.4. The second-order valence-electron chi connectivity index (χ2n) is 3.36. The fourth-order valence-corrected chi connectivity index (χ4v) is 2.25. The van der Waals surface area contributed by atoms with Crippen LogP contribution in [0.1, 0.15) is 15.6 Å². The molecule has 0 aliphatic heterocycles. The molecule has 16 heavy (non-hydrogen) atoms. The maximum Gasteiger partial charge on any atom is 0.224 e. The Hall–Kier alpha value is -1.20. The van der Waals surface area contributed by atoms with Crippen molar-refractivity contribution in [1.82, 2.24) is 15.0 Å². The number of thiazole rings is 1. The van der Waals surface area contributed by atoms with Crippen LogP contribution < -0.4 is 5.32 Å². The standard InChI is InChI=1S/C10H11ClN4S/c1-6-3-9(15-10(11)14-6)13-5-8-4-12-7(2)16-8/h3-4H,5H2,1-2H3,(H,13,14,15). The van der Waals surface area contributed by atoms with E-state index in [1.54, 1.807) is 11.3 Å². The highest BCUT2D eigenvalue weighted by Crippen LogP contribution is 2.15. The molecule has 2 aromatic heterocycles. The van der Waals surface area contributed by atoms with E-state index in [0.717, 1.165) is 16.5 Å². The van der Waals surface area contributed by atoms with Gasteiger partial charge < -0.3 is 5.32 Å². The second-order valence-corrected chi connectivity index (χ2v) is 5.02. The lowest BCUT2D eigenvalue weighted by molar-refractivity contribution is 1.06. The van der Waals surface area contributed by atoms with Crippen LogP contribution in [0, 0.1) is 13.8 Å². The van der Waals surface area contributed by atoms with Gasteiger partial charge in [-0.1, -0.05) is 0 Å². The summed E-state index contributed by atoms with van der Waals surface area (Å²) in [6.07, 6.45) is 1.86. The third-order valence-corrected chi connectivity index (χ3v) is 3.02. The summed E-state index contributed by atoms with van der Waals surface area (Å²) in [5.41, 5.74) is 0.850. The van der Waals surface area contributed by atoms with Crippen molar-refractivity contribution in [2.24, 2.45) is 0 Å². The molecule has 0 saturated carbocycles. The van der Waals surface area contributed by atoms with Gasteiger partial charge in [0.2, 0.25) is 5.28 Å². The molecule has 84 valence electrons. The fourth-order valence-electron chi connectivity index (χ4n) is 1.29. The second kappa shape index (κ2) is 4.76. The summed E-state index contributed by atoms with van der Waals surface area (Å²) in [5, 5.41) is 4.52. The van der Waals surface area contributed by atoms with E-state index in [4.69, 9.17) is 11.6 Å². The van der Waals surface area contributed by atoms with E-state index in [2.05, 4.69) is 20.3 Å². The molecule has 0 atom stereocenters. The van der Waals surface area contributed by atoms with Crippen LogP contribution in [0.15, 0.2) is 12.3 Å². The van der Waals surface area contributed by atoms with Gasteiger partial charge >= 0.3 is 0 Å². The van der Waals surface area contributed by atoms with Crippen LogP contribution in [0.3, 0.4) is 0 Å². The molecule has 2 rings (SSSR count). The first kappa shape index (κ1) is 11.3. The van der Waals surface area contributed by atoms with Crippen LogP contribution in [0.5, 0.6) is 0 Å². The summed E-state index contributed by atoms with van der Waals surface area (Å²) < 4.78 is 0. The number of hydrogen-bond donors (Lipinski definition) is 1. The van der Waals surface area contributed by atoms with Gasteiger partial charge in [0.25, 0.3) is 0 Å². The van der Waals surface area contributed by atoms with Crippen molar-refractivity contribution in [3.05, 3.63) is 33.1 Å². The minimum Gasteiger partial charge on any atom is -0.365 e. The maximum absolute atomic E-state index is 5.76. The largest absolute Gasteiger partial charge is 0.365 e. The molecule has 0 radical (unpaired) electrons. The first-order chi connectivity index (χ1) is 7.63. The molecule has 0 unspecified atom stereocenters. The lowest BCUT2D eigenvalue weighted by atomic mass is 10.4. The SMILES string of the molecule is Cc1cc(NCc2cnc(C)s2)nc(Cl)n1. The fraction of sp³-hybridized carbons (Fsp3) is 0.300. The lowest BCUT2D eigenvalue weighted by Gasteiger charge is -2.04. The van der Waals surface area contributed by atoms with E-state index in [0.29, 0.717) is 6.54 Å². The van der Waals surface area contributed by atoms with Gasteiger partial charge in [-0.3, -0.25) is 0 Å². The predicted molar refractivity (Wildman–Crippen MR) is 66.0 cm³/mol. The highest BCUT2D eigenvalue weighted by Gasteiger charge is 2.01. The molecule has 6 heteroatoms. The van der Waals surface area contributed by atoms with E-state index in [-0.39, 0.29) is 5.28 Å². The lowest BCUT2D eigenvalue weighted by Crippen LogP contribution is -2.01. The molecular formula is C10H11ClN4S. The van der Waals surface area contributed by atoms with Gasteiger partial charge in [0.1, 0.15) is 5.82 Å². The Balaban J connectivity index is 2.04. The number of aryl methyl sites for hydroxylation is 2. The zero-order chi connectivity index (χ0) is 11.5. The molecule has 0 amide bonds. The van der Waals surface area contributed by atoms with Crippen LogP contribution in [0.25, 0.3) is 0 Å². The third kappa shape index (κ3) is 2.90. The summed E-state index contributed by atoms with van der Waals surface area (Å²) >= 11 is 7.43. The molecule has 0 bridgehead atoms. The molecule has 0 aliphatic rings. The van der Waals surface area contributed by atoms with Crippen LogP contribution in [0.2, 0.25) is 5.28 Å². The van der Waals surface area contributed by atoms with E-state index in [1.165, 1.54) is 4.88 Å². The number of halogens is 1. The highest BCUT2D eigenvalue weighted by molar-refractivity contribution is 7.11.